The first-order valence-corrected chi connectivity index (χ1v) is 10.0. The topological polar surface area (TPSA) is 99.9 Å². The van der Waals surface area contributed by atoms with Crippen LogP contribution in [0.15, 0.2) is 9.59 Å². The van der Waals surface area contributed by atoms with Crippen LogP contribution in [-0.4, -0.2) is 52.7 Å². The Bertz CT molecular complexity index is 539. The van der Waals surface area contributed by atoms with Gasteiger partial charge in [-0.25, -0.2) is 0 Å². The molecule has 0 radical (unpaired) electrons. The average Bonchev–Trinajstić information content (AvgIpc) is 2.64. The van der Waals surface area contributed by atoms with Gasteiger partial charge in [0, 0.05) is 25.3 Å². The van der Waals surface area contributed by atoms with E-state index in [9.17, 15) is 9.59 Å². The molecule has 0 aliphatic rings. The zero-order valence-corrected chi connectivity index (χ0v) is 17.5. The Balaban J connectivity index is 0.00000210. The van der Waals surface area contributed by atoms with E-state index in [4.69, 9.17) is 19.9 Å². The maximum atomic E-state index is 11.5. The van der Waals surface area contributed by atoms with Gasteiger partial charge in [0.05, 0.1) is 32.1 Å². The van der Waals surface area contributed by atoms with Crippen molar-refractivity contribution in [2.75, 3.05) is 58.0 Å². The standard InChI is InChI=1S/C17H30N2O5.C3H8/c1-13(2)14-15(17(21)16(14)20)19-6-4-8-23-10-12-24-11-9-22-7-3-5-18;1-3-2/h13,19H,3-12,18H2,1-2H3;3H2,1-2H3. The Morgan fingerprint density at radius 3 is 1.81 bits per heavy atom. The third kappa shape index (κ3) is 11.2. The van der Waals surface area contributed by atoms with Crippen molar-refractivity contribution in [2.24, 2.45) is 5.73 Å². The summed E-state index contributed by atoms with van der Waals surface area (Å²) >= 11 is 0. The maximum absolute atomic E-state index is 11.5. The average molecular weight is 387 g/mol. The maximum Gasteiger partial charge on any atom is 0.249 e. The molecule has 158 valence electrons. The van der Waals surface area contributed by atoms with E-state index in [0.717, 1.165) is 12.8 Å². The molecule has 0 saturated carbocycles. The first-order chi connectivity index (χ1) is 13.0. The van der Waals surface area contributed by atoms with Gasteiger partial charge in [-0.3, -0.25) is 9.59 Å². The third-order valence-electron chi connectivity index (χ3n) is 3.53. The summed E-state index contributed by atoms with van der Waals surface area (Å²) in [5, 5.41) is 3.04. The molecule has 0 aliphatic carbocycles. The zero-order valence-electron chi connectivity index (χ0n) is 17.5. The molecule has 7 nitrogen and oxygen atoms in total. The predicted molar refractivity (Wildman–Crippen MR) is 111 cm³/mol. The van der Waals surface area contributed by atoms with E-state index in [1.54, 1.807) is 0 Å². The Morgan fingerprint density at radius 2 is 1.33 bits per heavy atom. The lowest BCUT2D eigenvalue weighted by Crippen LogP contribution is -2.39. The monoisotopic (exact) mass is 386 g/mol. The summed E-state index contributed by atoms with van der Waals surface area (Å²) in [6.07, 6.45) is 2.88. The van der Waals surface area contributed by atoms with Crippen LogP contribution in [0.25, 0.3) is 0 Å². The second kappa shape index (κ2) is 16.9. The van der Waals surface area contributed by atoms with Gasteiger partial charge in [-0.1, -0.05) is 34.1 Å². The fourth-order valence-corrected chi connectivity index (χ4v) is 2.25. The van der Waals surface area contributed by atoms with Crippen LogP contribution in [0.3, 0.4) is 0 Å². The molecule has 0 atom stereocenters. The lowest BCUT2D eigenvalue weighted by molar-refractivity contribution is 0.0144. The molecule has 1 aromatic rings. The zero-order chi connectivity index (χ0) is 20.5. The molecule has 0 spiro atoms. The van der Waals surface area contributed by atoms with Crippen LogP contribution in [0, 0.1) is 0 Å². The van der Waals surface area contributed by atoms with E-state index in [0.29, 0.717) is 64.0 Å². The minimum Gasteiger partial charge on any atom is -0.381 e. The van der Waals surface area contributed by atoms with Crippen LogP contribution in [0.5, 0.6) is 0 Å². The SMILES string of the molecule is CC(C)c1c(NCCCOCCOCCOCCCN)c(=O)c1=O.CCC. The summed E-state index contributed by atoms with van der Waals surface area (Å²) in [6, 6.07) is 0. The summed E-state index contributed by atoms with van der Waals surface area (Å²) in [5.41, 5.74) is 5.69. The molecule has 3 N–H and O–H groups in total. The largest absolute Gasteiger partial charge is 0.381 e. The van der Waals surface area contributed by atoms with Crippen LogP contribution in [-0.2, 0) is 14.2 Å². The highest BCUT2D eigenvalue weighted by atomic mass is 16.5. The van der Waals surface area contributed by atoms with Crippen molar-refractivity contribution in [1.29, 1.82) is 0 Å². The first-order valence-electron chi connectivity index (χ1n) is 10.0. The number of ether oxygens (including phenoxy) is 3. The Labute approximate surface area is 163 Å². The third-order valence-corrected chi connectivity index (χ3v) is 3.53. The first kappa shape index (κ1) is 25.7. The van der Waals surface area contributed by atoms with Gasteiger partial charge in [0.2, 0.25) is 10.9 Å². The molecule has 0 fully saturated rings. The van der Waals surface area contributed by atoms with Crippen LogP contribution in [0.4, 0.5) is 5.69 Å². The molecule has 1 rings (SSSR count). The van der Waals surface area contributed by atoms with E-state index in [-0.39, 0.29) is 11.3 Å². The molecule has 0 saturated heterocycles. The summed E-state index contributed by atoms with van der Waals surface area (Å²) in [4.78, 5) is 22.9. The van der Waals surface area contributed by atoms with Gasteiger partial charge in [-0.15, -0.1) is 0 Å². The molecule has 0 unspecified atom stereocenters. The molecule has 0 bridgehead atoms. The Hall–Kier alpha value is -1.28. The fourth-order valence-electron chi connectivity index (χ4n) is 2.25. The number of nitrogens with one attached hydrogen (secondary N) is 1. The van der Waals surface area contributed by atoms with Gasteiger partial charge >= 0.3 is 0 Å². The molecule has 0 aliphatic heterocycles. The van der Waals surface area contributed by atoms with Crippen molar-refractivity contribution in [3.63, 3.8) is 0 Å². The van der Waals surface area contributed by atoms with Crippen molar-refractivity contribution in [2.45, 2.75) is 52.9 Å². The quantitative estimate of drug-likeness (QED) is 0.351. The van der Waals surface area contributed by atoms with Gasteiger partial charge < -0.3 is 25.3 Å². The smallest absolute Gasteiger partial charge is 0.249 e. The second-order valence-electron chi connectivity index (χ2n) is 6.57. The fraction of sp³-hybridized carbons (Fsp3) is 0.800. The minimum atomic E-state index is -0.401. The van der Waals surface area contributed by atoms with Gasteiger partial charge in [0.1, 0.15) is 0 Å². The van der Waals surface area contributed by atoms with Gasteiger partial charge in [-0.2, -0.15) is 0 Å². The summed E-state index contributed by atoms with van der Waals surface area (Å²) in [5.74, 6) is 0.0744. The molecule has 0 amide bonds. The highest BCUT2D eigenvalue weighted by Gasteiger charge is 2.22. The minimum absolute atomic E-state index is 0.0744. The van der Waals surface area contributed by atoms with E-state index in [2.05, 4.69) is 19.2 Å². The molecule has 7 heteroatoms. The lowest BCUT2D eigenvalue weighted by Gasteiger charge is -2.15. The highest BCUT2D eigenvalue weighted by molar-refractivity contribution is 5.57. The molecule has 1 aromatic carbocycles. The predicted octanol–water partition coefficient (Wildman–Crippen LogP) is 2.02. The normalized spacial score (nSPS) is 10.9. The molecular formula is C20H38N2O5. The van der Waals surface area contributed by atoms with Crippen molar-refractivity contribution in [3.05, 3.63) is 26.0 Å². The van der Waals surface area contributed by atoms with E-state index >= 15 is 0 Å². The van der Waals surface area contributed by atoms with Gasteiger partial charge in [-0.05, 0) is 25.3 Å². The number of rotatable bonds is 15. The lowest BCUT2D eigenvalue weighted by atomic mass is 9.96. The molecular weight excluding hydrogens is 348 g/mol. The molecule has 0 heterocycles. The van der Waals surface area contributed by atoms with E-state index in [1.807, 2.05) is 13.8 Å². The Morgan fingerprint density at radius 1 is 0.852 bits per heavy atom. The van der Waals surface area contributed by atoms with Crippen LogP contribution < -0.4 is 21.9 Å². The summed E-state index contributed by atoms with van der Waals surface area (Å²) in [7, 11) is 0. The second-order valence-corrected chi connectivity index (χ2v) is 6.57. The summed E-state index contributed by atoms with van der Waals surface area (Å²) < 4.78 is 16.1. The van der Waals surface area contributed by atoms with Crippen LogP contribution in [0.1, 0.15) is 58.4 Å². The Kier molecular flexibility index (Phi) is 16.1. The molecule has 0 aromatic heterocycles. The van der Waals surface area contributed by atoms with E-state index in [1.165, 1.54) is 6.42 Å². The van der Waals surface area contributed by atoms with Crippen LogP contribution in [0.2, 0.25) is 0 Å². The van der Waals surface area contributed by atoms with Crippen molar-refractivity contribution >= 4 is 5.69 Å². The summed E-state index contributed by atoms with van der Waals surface area (Å²) in [6.45, 7) is 12.8. The van der Waals surface area contributed by atoms with Crippen LogP contribution >= 0.6 is 0 Å². The van der Waals surface area contributed by atoms with Crippen molar-refractivity contribution in [1.82, 2.24) is 0 Å². The number of anilines is 1. The number of hydrogen-bond acceptors (Lipinski definition) is 7. The van der Waals surface area contributed by atoms with Gasteiger partial charge in [0.15, 0.2) is 0 Å². The van der Waals surface area contributed by atoms with Crippen molar-refractivity contribution in [3.8, 4) is 0 Å². The number of hydrogen-bond donors (Lipinski definition) is 2. The van der Waals surface area contributed by atoms with Gasteiger partial charge in [0.25, 0.3) is 0 Å². The highest BCUT2D eigenvalue weighted by Crippen LogP contribution is 2.18. The number of nitrogens with two attached hydrogens (primary N) is 1. The van der Waals surface area contributed by atoms with Crippen molar-refractivity contribution < 1.29 is 14.2 Å². The van der Waals surface area contributed by atoms with E-state index < -0.39 is 5.43 Å². The molecule has 27 heavy (non-hydrogen) atoms.